The first-order valence-electron chi connectivity index (χ1n) is 7.33. The Labute approximate surface area is 126 Å². The Kier molecular flexibility index (Phi) is 5.49. The summed E-state index contributed by atoms with van der Waals surface area (Å²) < 4.78 is 14.0. The van der Waals surface area contributed by atoms with Crippen molar-refractivity contribution in [2.45, 2.75) is 38.6 Å². The Morgan fingerprint density at radius 2 is 2.05 bits per heavy atom. The van der Waals surface area contributed by atoms with Gasteiger partial charge in [-0.2, -0.15) is 0 Å². The highest BCUT2D eigenvalue weighted by Gasteiger charge is 2.16. The zero-order valence-electron chi connectivity index (χ0n) is 12.1. The maximum absolute atomic E-state index is 14.0. The van der Waals surface area contributed by atoms with Crippen molar-refractivity contribution >= 4 is 17.2 Å². The van der Waals surface area contributed by atoms with E-state index in [1.807, 2.05) is 0 Å². The molecule has 1 aromatic carbocycles. The Morgan fingerprint density at radius 3 is 2.65 bits per heavy atom. The van der Waals surface area contributed by atoms with E-state index in [4.69, 9.17) is 18.0 Å². The molecule has 2 N–H and O–H groups in total. The molecular weight excluding hydrogens is 271 g/mol. The highest BCUT2D eigenvalue weighted by Crippen LogP contribution is 2.24. The molecule has 4 heteroatoms. The fraction of sp³-hybridized carbons (Fsp3) is 0.562. The van der Waals surface area contributed by atoms with Crippen LogP contribution in [0.2, 0.25) is 0 Å². The maximum atomic E-state index is 14.0. The van der Waals surface area contributed by atoms with E-state index < -0.39 is 0 Å². The summed E-state index contributed by atoms with van der Waals surface area (Å²) in [5.74, 6) is 0.554. The van der Waals surface area contributed by atoms with Gasteiger partial charge in [-0.15, -0.1) is 0 Å². The summed E-state index contributed by atoms with van der Waals surface area (Å²) in [5, 5.41) is 0. The van der Waals surface area contributed by atoms with E-state index in [0.717, 1.165) is 12.5 Å². The molecule has 1 aromatic rings. The molecule has 0 amide bonds. The molecule has 0 radical (unpaired) electrons. The van der Waals surface area contributed by atoms with Crippen LogP contribution in [0.25, 0.3) is 0 Å². The van der Waals surface area contributed by atoms with Crippen molar-refractivity contribution in [2.75, 3.05) is 13.6 Å². The molecule has 0 saturated heterocycles. The van der Waals surface area contributed by atoms with Crippen molar-refractivity contribution < 1.29 is 4.39 Å². The van der Waals surface area contributed by atoms with Crippen LogP contribution in [-0.2, 0) is 6.54 Å². The first kappa shape index (κ1) is 15.4. The molecule has 0 bridgehead atoms. The molecule has 0 spiro atoms. The van der Waals surface area contributed by atoms with Crippen molar-refractivity contribution in [3.63, 3.8) is 0 Å². The number of nitrogens with two attached hydrogens (primary N) is 1. The first-order chi connectivity index (χ1) is 9.56. The maximum Gasteiger partial charge on any atom is 0.128 e. The van der Waals surface area contributed by atoms with Gasteiger partial charge in [0.05, 0.1) is 0 Å². The average Bonchev–Trinajstić information content (AvgIpc) is 2.42. The fourth-order valence-corrected chi connectivity index (χ4v) is 3.12. The van der Waals surface area contributed by atoms with Crippen LogP contribution < -0.4 is 5.73 Å². The summed E-state index contributed by atoms with van der Waals surface area (Å²) in [6.45, 7) is 1.69. The summed E-state index contributed by atoms with van der Waals surface area (Å²) in [4.78, 5) is 2.46. The van der Waals surface area contributed by atoms with E-state index in [1.165, 1.54) is 38.2 Å². The van der Waals surface area contributed by atoms with Crippen LogP contribution in [0.5, 0.6) is 0 Å². The summed E-state index contributed by atoms with van der Waals surface area (Å²) in [6.07, 6.45) is 6.68. The van der Waals surface area contributed by atoms with E-state index in [1.54, 1.807) is 12.1 Å². The Bertz CT molecular complexity index is 470. The largest absolute Gasteiger partial charge is 0.389 e. The predicted molar refractivity (Wildman–Crippen MR) is 85.2 cm³/mol. The Hall–Kier alpha value is -1.00. The Morgan fingerprint density at radius 1 is 1.35 bits per heavy atom. The molecular formula is C16H23FN2S. The molecule has 1 saturated carbocycles. The minimum absolute atomic E-state index is 0.217. The van der Waals surface area contributed by atoms with Gasteiger partial charge in [0.15, 0.2) is 0 Å². The molecule has 2 nitrogen and oxygen atoms in total. The van der Waals surface area contributed by atoms with Gasteiger partial charge in [-0.3, -0.25) is 0 Å². The number of hydrogen-bond acceptors (Lipinski definition) is 2. The van der Waals surface area contributed by atoms with Crippen LogP contribution in [-0.4, -0.2) is 23.5 Å². The van der Waals surface area contributed by atoms with Crippen LogP contribution >= 0.6 is 12.2 Å². The highest BCUT2D eigenvalue weighted by atomic mass is 32.1. The third-order valence-corrected chi connectivity index (χ3v) is 4.31. The quantitative estimate of drug-likeness (QED) is 0.843. The molecule has 110 valence electrons. The molecule has 2 rings (SSSR count). The molecule has 1 aliphatic carbocycles. The van der Waals surface area contributed by atoms with Crippen LogP contribution in [0.15, 0.2) is 18.2 Å². The summed E-state index contributed by atoms with van der Waals surface area (Å²) in [7, 11) is 2.07. The first-order valence-corrected chi connectivity index (χ1v) is 7.74. The molecule has 1 fully saturated rings. The van der Waals surface area contributed by atoms with Gasteiger partial charge in [-0.05, 0) is 31.9 Å². The lowest BCUT2D eigenvalue weighted by Crippen LogP contribution is -2.27. The second-order valence-electron chi connectivity index (χ2n) is 5.87. The van der Waals surface area contributed by atoms with Crippen molar-refractivity contribution in [2.24, 2.45) is 11.7 Å². The van der Waals surface area contributed by atoms with Gasteiger partial charge in [-0.25, -0.2) is 4.39 Å². The zero-order chi connectivity index (χ0) is 14.5. The molecule has 1 aliphatic rings. The van der Waals surface area contributed by atoms with E-state index in [0.29, 0.717) is 17.7 Å². The number of benzene rings is 1. The summed E-state index contributed by atoms with van der Waals surface area (Å²) >= 11 is 4.86. The monoisotopic (exact) mass is 294 g/mol. The van der Waals surface area contributed by atoms with E-state index in [9.17, 15) is 4.39 Å². The third kappa shape index (κ3) is 4.25. The van der Waals surface area contributed by atoms with E-state index >= 15 is 0 Å². The van der Waals surface area contributed by atoms with Crippen LogP contribution in [0.3, 0.4) is 0 Å². The minimum atomic E-state index is -0.217. The Balaban J connectivity index is 1.93. The van der Waals surface area contributed by atoms with Gasteiger partial charge in [0, 0.05) is 24.2 Å². The highest BCUT2D eigenvalue weighted by molar-refractivity contribution is 7.80. The number of thiocarbonyl (C=S) groups is 1. The summed E-state index contributed by atoms with van der Waals surface area (Å²) in [6, 6.07) is 5.03. The fourth-order valence-electron chi connectivity index (χ4n) is 2.99. The van der Waals surface area contributed by atoms with Crippen LogP contribution in [0.1, 0.15) is 43.2 Å². The van der Waals surface area contributed by atoms with Crippen molar-refractivity contribution in [3.05, 3.63) is 35.1 Å². The van der Waals surface area contributed by atoms with Gasteiger partial charge in [0.2, 0.25) is 0 Å². The van der Waals surface area contributed by atoms with Crippen molar-refractivity contribution in [1.82, 2.24) is 4.90 Å². The standard InChI is InChI=1S/C16H23FN2S/c1-19(10-12-5-3-2-4-6-12)11-14-8-7-13(16(18)20)9-15(14)17/h7-9,12H,2-6,10-11H2,1H3,(H2,18,20). The lowest BCUT2D eigenvalue weighted by atomic mass is 9.89. The number of rotatable bonds is 5. The normalized spacial score (nSPS) is 16.6. The van der Waals surface area contributed by atoms with Crippen LogP contribution in [0, 0.1) is 11.7 Å². The summed E-state index contributed by atoms with van der Waals surface area (Å²) in [5.41, 5.74) is 6.82. The zero-order valence-corrected chi connectivity index (χ0v) is 12.9. The topological polar surface area (TPSA) is 29.3 Å². The average molecular weight is 294 g/mol. The minimum Gasteiger partial charge on any atom is -0.389 e. The van der Waals surface area contributed by atoms with Gasteiger partial charge < -0.3 is 10.6 Å². The van der Waals surface area contributed by atoms with E-state index in [2.05, 4.69) is 11.9 Å². The second-order valence-corrected chi connectivity index (χ2v) is 6.31. The SMILES string of the molecule is CN(Cc1ccc(C(N)=S)cc1F)CC1CCCCC1. The van der Waals surface area contributed by atoms with Crippen LogP contribution in [0.4, 0.5) is 4.39 Å². The van der Waals surface area contributed by atoms with Gasteiger partial charge in [-0.1, -0.05) is 43.6 Å². The molecule has 0 atom stereocenters. The lowest BCUT2D eigenvalue weighted by molar-refractivity contribution is 0.226. The van der Waals surface area contributed by atoms with Gasteiger partial charge >= 0.3 is 0 Å². The van der Waals surface area contributed by atoms with E-state index in [-0.39, 0.29) is 10.8 Å². The number of nitrogens with zero attached hydrogens (tertiary/aromatic N) is 1. The van der Waals surface area contributed by atoms with Crippen molar-refractivity contribution in [1.29, 1.82) is 0 Å². The van der Waals surface area contributed by atoms with Gasteiger partial charge in [0.25, 0.3) is 0 Å². The van der Waals surface area contributed by atoms with Crippen molar-refractivity contribution in [3.8, 4) is 0 Å². The smallest absolute Gasteiger partial charge is 0.128 e. The number of halogens is 1. The lowest BCUT2D eigenvalue weighted by Gasteiger charge is -2.27. The molecule has 0 heterocycles. The molecule has 0 aliphatic heterocycles. The number of hydrogen-bond donors (Lipinski definition) is 1. The third-order valence-electron chi connectivity index (χ3n) is 4.07. The molecule has 0 unspecified atom stereocenters. The molecule has 0 aromatic heterocycles. The molecule has 20 heavy (non-hydrogen) atoms. The second kappa shape index (κ2) is 7.14. The predicted octanol–water partition coefficient (Wildman–Crippen LogP) is 3.47. The van der Waals surface area contributed by atoms with Gasteiger partial charge in [0.1, 0.15) is 10.8 Å².